The average Bonchev–Trinajstić information content (AvgIpc) is 2.99. The van der Waals surface area contributed by atoms with E-state index in [1.165, 1.54) is 19.1 Å². The van der Waals surface area contributed by atoms with Gasteiger partial charge in [0.1, 0.15) is 5.82 Å². The summed E-state index contributed by atoms with van der Waals surface area (Å²) in [6.07, 6.45) is 0.752. The number of hydrogen-bond donors (Lipinski definition) is 1. The minimum absolute atomic E-state index is 0.0765. The Kier molecular flexibility index (Phi) is 6.73. The maximum Gasteiger partial charge on any atom is 0.409 e. The summed E-state index contributed by atoms with van der Waals surface area (Å²) in [6.45, 7) is 4.39. The molecule has 30 heavy (non-hydrogen) atoms. The molecule has 1 aromatic carbocycles. The normalized spacial score (nSPS) is 24.7. The highest BCUT2D eigenvalue weighted by molar-refractivity contribution is 7.96. The number of likely N-dealkylation sites (tertiary alicyclic amines) is 1. The first kappa shape index (κ1) is 23.0. The zero-order chi connectivity index (χ0) is 22.1. The largest absolute Gasteiger partial charge is 0.450 e. The summed E-state index contributed by atoms with van der Waals surface area (Å²) in [5.74, 6) is -1.25. The molecule has 0 bridgehead atoms. The maximum atomic E-state index is 13.6. The highest BCUT2D eigenvalue weighted by Crippen LogP contribution is 2.28. The summed E-state index contributed by atoms with van der Waals surface area (Å²) in [4.78, 5) is 13.3. The van der Waals surface area contributed by atoms with E-state index in [0.717, 1.165) is 6.07 Å². The first-order valence-corrected chi connectivity index (χ1v) is 13.3. The van der Waals surface area contributed by atoms with Crippen molar-refractivity contribution in [3.05, 3.63) is 29.6 Å². The SMILES string of the molecule is CCOC(=O)N1CCC(NC2CS(=O)(=O)CC2S(=O)(=O)c2ccc(F)c(C)c2)CC1. The van der Waals surface area contributed by atoms with Crippen molar-refractivity contribution in [3.63, 3.8) is 0 Å². The fourth-order valence-electron chi connectivity index (χ4n) is 3.99. The number of halogens is 1. The van der Waals surface area contributed by atoms with Gasteiger partial charge in [0, 0.05) is 25.2 Å². The van der Waals surface area contributed by atoms with Crippen molar-refractivity contribution in [1.29, 1.82) is 0 Å². The summed E-state index contributed by atoms with van der Waals surface area (Å²) in [6, 6.07) is 2.63. The van der Waals surface area contributed by atoms with Gasteiger partial charge in [0.05, 0.1) is 28.3 Å². The second-order valence-corrected chi connectivity index (χ2v) is 12.1. The summed E-state index contributed by atoms with van der Waals surface area (Å²) < 4.78 is 69.4. The lowest BCUT2D eigenvalue weighted by Crippen LogP contribution is -2.52. The number of sulfone groups is 2. The fraction of sp³-hybridized carbons (Fsp3) is 0.632. The molecule has 0 aliphatic carbocycles. The van der Waals surface area contributed by atoms with Gasteiger partial charge >= 0.3 is 6.09 Å². The molecule has 168 valence electrons. The summed E-state index contributed by atoms with van der Waals surface area (Å²) >= 11 is 0. The number of benzene rings is 1. The van der Waals surface area contributed by atoms with E-state index >= 15 is 0 Å². The second kappa shape index (κ2) is 8.80. The summed E-state index contributed by atoms with van der Waals surface area (Å²) in [5.41, 5.74) is 0.188. The number of nitrogens with one attached hydrogen (secondary N) is 1. The van der Waals surface area contributed by atoms with E-state index in [4.69, 9.17) is 4.74 Å². The monoisotopic (exact) mass is 462 g/mol. The van der Waals surface area contributed by atoms with Crippen molar-refractivity contribution in [2.24, 2.45) is 0 Å². The number of amides is 1. The molecule has 3 rings (SSSR count). The van der Waals surface area contributed by atoms with E-state index in [-0.39, 0.29) is 28.3 Å². The quantitative estimate of drug-likeness (QED) is 0.657. The fourth-order valence-corrected chi connectivity index (χ4v) is 8.75. The van der Waals surface area contributed by atoms with Gasteiger partial charge in [-0.05, 0) is 50.5 Å². The number of rotatable bonds is 5. The van der Waals surface area contributed by atoms with E-state index in [2.05, 4.69) is 5.32 Å². The Bertz CT molecular complexity index is 1000. The van der Waals surface area contributed by atoms with E-state index < -0.39 is 42.5 Å². The van der Waals surface area contributed by atoms with Crippen LogP contribution in [0.3, 0.4) is 0 Å². The molecule has 1 N–H and O–H groups in total. The van der Waals surface area contributed by atoms with Crippen LogP contribution in [-0.2, 0) is 24.4 Å². The zero-order valence-electron chi connectivity index (χ0n) is 17.0. The van der Waals surface area contributed by atoms with Crippen molar-refractivity contribution in [2.75, 3.05) is 31.2 Å². The maximum absolute atomic E-state index is 13.6. The minimum Gasteiger partial charge on any atom is -0.450 e. The van der Waals surface area contributed by atoms with Gasteiger partial charge in [0.2, 0.25) is 0 Å². The molecule has 2 aliphatic heterocycles. The lowest BCUT2D eigenvalue weighted by atomic mass is 10.0. The number of hydrogen-bond acceptors (Lipinski definition) is 7. The van der Waals surface area contributed by atoms with Crippen molar-refractivity contribution < 1.29 is 30.8 Å². The first-order chi connectivity index (χ1) is 14.0. The lowest BCUT2D eigenvalue weighted by molar-refractivity contribution is 0.0945. The summed E-state index contributed by atoms with van der Waals surface area (Å²) in [5, 5.41) is 2.06. The Morgan fingerprint density at radius 2 is 1.93 bits per heavy atom. The zero-order valence-corrected chi connectivity index (χ0v) is 18.6. The van der Waals surface area contributed by atoms with E-state index in [1.807, 2.05) is 0 Å². The average molecular weight is 463 g/mol. The molecule has 0 aromatic heterocycles. The van der Waals surface area contributed by atoms with Gasteiger partial charge in [0.15, 0.2) is 19.7 Å². The van der Waals surface area contributed by atoms with Crippen molar-refractivity contribution in [1.82, 2.24) is 10.2 Å². The molecule has 0 saturated carbocycles. The predicted octanol–water partition coefficient (Wildman–Crippen LogP) is 1.28. The lowest BCUT2D eigenvalue weighted by Gasteiger charge is -2.34. The van der Waals surface area contributed by atoms with E-state index in [0.29, 0.717) is 32.5 Å². The van der Waals surface area contributed by atoms with Crippen LogP contribution in [0.15, 0.2) is 23.1 Å². The standard InChI is InChI=1S/C19H27FN2O6S2/c1-3-28-19(23)22-8-6-14(7-9-22)21-17-11-29(24,25)12-18(17)30(26,27)15-4-5-16(20)13(2)10-15/h4-5,10,14,17-18,21H,3,6-9,11-12H2,1-2H3. The molecular weight excluding hydrogens is 435 g/mol. The Morgan fingerprint density at radius 1 is 1.27 bits per heavy atom. The third-order valence-electron chi connectivity index (χ3n) is 5.63. The highest BCUT2D eigenvalue weighted by Gasteiger charge is 2.46. The minimum atomic E-state index is -3.97. The molecule has 1 aromatic rings. The predicted molar refractivity (Wildman–Crippen MR) is 109 cm³/mol. The number of aryl methyl sites for hydroxylation is 1. The van der Waals surface area contributed by atoms with Gasteiger partial charge in [-0.3, -0.25) is 0 Å². The van der Waals surface area contributed by atoms with Gasteiger partial charge in [-0.1, -0.05) is 0 Å². The Hall–Kier alpha value is -1.72. The van der Waals surface area contributed by atoms with Crippen LogP contribution in [-0.4, -0.2) is 76.4 Å². The van der Waals surface area contributed by atoms with Crippen molar-refractivity contribution >= 4 is 25.8 Å². The van der Waals surface area contributed by atoms with Gasteiger partial charge in [-0.15, -0.1) is 0 Å². The topological polar surface area (TPSA) is 110 Å². The molecular formula is C19H27FN2O6S2. The van der Waals surface area contributed by atoms with Gasteiger partial charge < -0.3 is 15.0 Å². The molecule has 0 spiro atoms. The smallest absolute Gasteiger partial charge is 0.409 e. The number of carbonyl (C=O) groups is 1. The van der Waals surface area contributed by atoms with Crippen LogP contribution in [0, 0.1) is 12.7 Å². The molecule has 2 fully saturated rings. The number of piperidine rings is 1. The van der Waals surface area contributed by atoms with Gasteiger partial charge in [0.25, 0.3) is 0 Å². The third-order valence-corrected chi connectivity index (χ3v) is 9.78. The van der Waals surface area contributed by atoms with Crippen molar-refractivity contribution in [2.45, 2.75) is 48.9 Å². The van der Waals surface area contributed by atoms with Crippen LogP contribution in [0.4, 0.5) is 9.18 Å². The number of carbonyl (C=O) groups excluding carboxylic acids is 1. The molecule has 2 saturated heterocycles. The summed E-state index contributed by atoms with van der Waals surface area (Å²) in [7, 11) is -7.51. The van der Waals surface area contributed by atoms with E-state index in [1.54, 1.807) is 11.8 Å². The van der Waals surface area contributed by atoms with Crippen LogP contribution < -0.4 is 5.32 Å². The molecule has 2 aliphatic rings. The Balaban J connectivity index is 1.74. The van der Waals surface area contributed by atoms with Crippen LogP contribution >= 0.6 is 0 Å². The third kappa shape index (κ3) is 4.94. The van der Waals surface area contributed by atoms with E-state index in [9.17, 15) is 26.0 Å². The molecule has 2 unspecified atom stereocenters. The van der Waals surface area contributed by atoms with Gasteiger partial charge in [-0.25, -0.2) is 26.0 Å². The van der Waals surface area contributed by atoms with Crippen LogP contribution in [0.2, 0.25) is 0 Å². The van der Waals surface area contributed by atoms with Gasteiger partial charge in [-0.2, -0.15) is 0 Å². The molecule has 8 nitrogen and oxygen atoms in total. The molecule has 1 amide bonds. The van der Waals surface area contributed by atoms with Crippen molar-refractivity contribution in [3.8, 4) is 0 Å². The molecule has 2 atom stereocenters. The first-order valence-electron chi connectivity index (χ1n) is 9.91. The molecule has 0 radical (unpaired) electrons. The Morgan fingerprint density at radius 3 is 2.53 bits per heavy atom. The van der Waals surface area contributed by atoms with Crippen LogP contribution in [0.25, 0.3) is 0 Å². The number of ether oxygens (including phenoxy) is 1. The number of nitrogens with zero attached hydrogens (tertiary/aromatic N) is 1. The Labute approximate surface area is 176 Å². The van der Waals surface area contributed by atoms with Crippen LogP contribution in [0.1, 0.15) is 25.3 Å². The molecule has 2 heterocycles. The molecule has 11 heteroatoms. The second-order valence-electron chi connectivity index (χ2n) is 7.80. The van der Waals surface area contributed by atoms with Crippen LogP contribution in [0.5, 0.6) is 0 Å². The highest BCUT2D eigenvalue weighted by atomic mass is 32.2.